The van der Waals surface area contributed by atoms with E-state index in [9.17, 15) is 19.2 Å². The van der Waals surface area contributed by atoms with Crippen LogP contribution in [0.1, 0.15) is 150 Å². The maximum absolute atomic E-state index is 10.4. The summed E-state index contributed by atoms with van der Waals surface area (Å²) in [5.74, 6) is -0.906. The highest BCUT2D eigenvalue weighted by Gasteiger charge is 2.08. The molecule has 0 aliphatic rings. The minimum Gasteiger partial charge on any atom is -0.370 e. The molecule has 8 nitrogen and oxygen atoms in total. The summed E-state index contributed by atoms with van der Waals surface area (Å²) in [6.45, 7) is 37.4. The van der Waals surface area contributed by atoms with Crippen LogP contribution in [0.5, 0.6) is 0 Å². The lowest BCUT2D eigenvalue weighted by atomic mass is 10.2. The molecule has 0 aliphatic carbocycles. The van der Waals surface area contributed by atoms with Gasteiger partial charge in [0.2, 0.25) is 11.8 Å². The van der Waals surface area contributed by atoms with Gasteiger partial charge in [0.25, 0.3) is 0 Å². The molecule has 0 aromatic rings. The van der Waals surface area contributed by atoms with Crippen molar-refractivity contribution in [3.8, 4) is 0 Å². The van der Waals surface area contributed by atoms with Gasteiger partial charge in [0.15, 0.2) is 0 Å². The normalized spacial score (nSPS) is 8.47. The van der Waals surface area contributed by atoms with Crippen LogP contribution in [0.2, 0.25) is 0 Å². The van der Waals surface area contributed by atoms with Crippen molar-refractivity contribution in [1.82, 2.24) is 10.6 Å². The Morgan fingerprint density at radius 3 is 0.816 bits per heavy atom. The Morgan fingerprint density at radius 2 is 0.711 bits per heavy atom. The molecule has 38 heavy (non-hydrogen) atoms. The maximum atomic E-state index is 10.4. The fourth-order valence-electron chi connectivity index (χ4n) is 1.43. The quantitative estimate of drug-likeness (QED) is 0.189. The van der Waals surface area contributed by atoms with Gasteiger partial charge < -0.3 is 31.7 Å². The van der Waals surface area contributed by atoms with E-state index >= 15 is 0 Å². The second-order valence-electron chi connectivity index (χ2n) is 4.73. The van der Waals surface area contributed by atoms with Crippen LogP contribution in [0.25, 0.3) is 0 Å². The van der Waals surface area contributed by atoms with Crippen LogP contribution in [0.3, 0.4) is 0 Å². The average molecular weight is 557 g/mol. The molecule has 0 spiro atoms. The summed E-state index contributed by atoms with van der Waals surface area (Å²) in [6, 6.07) is -0.820. The summed E-state index contributed by atoms with van der Waals surface area (Å²) < 4.78 is 0. The van der Waals surface area contributed by atoms with E-state index in [0.717, 1.165) is 25.9 Å². The zero-order valence-electron chi connectivity index (χ0n) is 29.3. The Hall–Kier alpha value is -1.80. The molecule has 0 aliphatic heterocycles. The lowest BCUT2D eigenvalue weighted by Crippen LogP contribution is -2.35. The van der Waals surface area contributed by atoms with Crippen molar-refractivity contribution in [2.45, 2.75) is 162 Å². The molecule has 0 bridgehead atoms. The first-order valence-corrected chi connectivity index (χ1v) is 15.3. The van der Waals surface area contributed by atoms with Crippen LogP contribution >= 0.6 is 0 Å². The summed E-state index contributed by atoms with van der Waals surface area (Å²) in [5, 5.41) is 5.76. The predicted octanol–water partition coefficient (Wildman–Crippen LogP) is 7.07. The molecule has 0 saturated carbocycles. The minimum absolute atomic E-state index is 0.0868. The number of primary amides is 2. The van der Waals surface area contributed by atoms with Gasteiger partial charge in [-0.3, -0.25) is 9.59 Å². The summed E-state index contributed by atoms with van der Waals surface area (Å²) in [4.78, 5) is 41.3. The number of hydrogen-bond donors (Lipinski definition) is 4. The molecule has 2 amide bonds. The van der Waals surface area contributed by atoms with Crippen LogP contribution in [-0.2, 0) is 19.2 Å². The second kappa shape index (κ2) is 101. The van der Waals surface area contributed by atoms with E-state index in [-0.39, 0.29) is 12.8 Å². The zero-order chi connectivity index (χ0) is 33.4. The standard InChI is InChI=1S/2C7H14N2O2.8C2H6/c2*1-2-3-9-6(5-10)4-7(8)11;8*1-2/h2*5-6,9H,2-4H2,1H3,(H2,8,11);8*1-2H3/t2*6-;;;;;;;;/m00......../s1. The van der Waals surface area contributed by atoms with Gasteiger partial charge in [-0.25, -0.2) is 0 Å². The van der Waals surface area contributed by atoms with Crippen LogP contribution in [0.15, 0.2) is 0 Å². The van der Waals surface area contributed by atoms with E-state index in [1.807, 2.05) is 125 Å². The highest BCUT2D eigenvalue weighted by molar-refractivity contribution is 5.79. The molecule has 0 fully saturated rings. The molecule has 2 atom stereocenters. The number of rotatable bonds is 12. The van der Waals surface area contributed by atoms with Crippen LogP contribution in [0.4, 0.5) is 0 Å². The van der Waals surface area contributed by atoms with Gasteiger partial charge >= 0.3 is 0 Å². The number of carbonyl (C=O) groups is 4. The molecule has 0 aromatic heterocycles. The summed E-state index contributed by atoms with van der Waals surface area (Å²) in [7, 11) is 0. The fourth-order valence-corrected chi connectivity index (χ4v) is 1.43. The van der Waals surface area contributed by atoms with E-state index in [1.165, 1.54) is 0 Å². The van der Waals surface area contributed by atoms with Crippen molar-refractivity contribution in [3.63, 3.8) is 0 Å². The molecule has 0 unspecified atom stereocenters. The highest BCUT2D eigenvalue weighted by atomic mass is 16.2. The molecule has 0 heterocycles. The van der Waals surface area contributed by atoms with Gasteiger partial charge in [0.05, 0.1) is 12.1 Å². The van der Waals surface area contributed by atoms with Crippen molar-refractivity contribution in [2.24, 2.45) is 11.5 Å². The molecule has 0 aromatic carbocycles. The average Bonchev–Trinajstić information content (AvgIpc) is 3.01. The molecule has 0 rings (SSSR count). The Balaban J connectivity index is -0.0000000337. The SMILES string of the molecule is CC.CC.CC.CC.CC.CC.CC.CC.CCCN[C@H](C=O)CC(N)=O.CCCN[C@H](C=O)CC(N)=O. The van der Waals surface area contributed by atoms with Gasteiger partial charge in [-0.1, -0.05) is 125 Å². The number of hydrogen-bond acceptors (Lipinski definition) is 6. The Morgan fingerprint density at radius 1 is 0.526 bits per heavy atom. The molecule has 0 saturated heterocycles. The monoisotopic (exact) mass is 557 g/mol. The Labute approximate surface area is 241 Å². The van der Waals surface area contributed by atoms with Crippen LogP contribution < -0.4 is 22.1 Å². The molecular weight excluding hydrogens is 480 g/mol. The highest BCUT2D eigenvalue weighted by Crippen LogP contribution is 1.87. The van der Waals surface area contributed by atoms with Crippen molar-refractivity contribution in [2.75, 3.05) is 13.1 Å². The number of amides is 2. The van der Waals surface area contributed by atoms with E-state index in [4.69, 9.17) is 11.5 Å². The first-order valence-electron chi connectivity index (χ1n) is 15.3. The van der Waals surface area contributed by atoms with E-state index in [0.29, 0.717) is 12.6 Å². The Kier molecular flexibility index (Phi) is 174. The summed E-state index contributed by atoms with van der Waals surface area (Å²) in [6.07, 6.45) is 3.46. The van der Waals surface area contributed by atoms with Crippen molar-refractivity contribution in [3.05, 3.63) is 0 Å². The van der Waals surface area contributed by atoms with Gasteiger partial charge in [-0.2, -0.15) is 0 Å². The van der Waals surface area contributed by atoms with Crippen molar-refractivity contribution in [1.29, 1.82) is 0 Å². The number of nitrogens with one attached hydrogen (secondary N) is 2. The van der Waals surface area contributed by atoms with E-state index in [2.05, 4.69) is 10.6 Å². The second-order valence-corrected chi connectivity index (χ2v) is 4.73. The van der Waals surface area contributed by atoms with Gasteiger partial charge in [-0.15, -0.1) is 0 Å². The number of aldehydes is 2. The first kappa shape index (κ1) is 65.3. The van der Waals surface area contributed by atoms with Crippen LogP contribution in [-0.4, -0.2) is 49.6 Å². The molecule has 0 radical (unpaired) electrons. The molecule has 8 heteroatoms. The van der Waals surface area contributed by atoms with Gasteiger partial charge in [-0.05, 0) is 25.9 Å². The van der Waals surface area contributed by atoms with Crippen LogP contribution in [0, 0.1) is 0 Å². The fraction of sp³-hybridized carbons (Fsp3) is 0.867. The largest absolute Gasteiger partial charge is 0.370 e. The third-order valence-electron chi connectivity index (χ3n) is 2.48. The smallest absolute Gasteiger partial charge is 0.219 e. The topological polar surface area (TPSA) is 144 Å². The number of nitrogens with two attached hydrogens (primary N) is 2. The maximum Gasteiger partial charge on any atom is 0.219 e. The third kappa shape index (κ3) is 114. The minimum atomic E-state index is -0.453. The van der Waals surface area contributed by atoms with Gasteiger partial charge in [0.1, 0.15) is 12.6 Å². The van der Waals surface area contributed by atoms with E-state index in [1.54, 1.807) is 0 Å². The zero-order valence-corrected chi connectivity index (χ0v) is 29.3. The predicted molar refractivity (Wildman–Crippen MR) is 175 cm³/mol. The van der Waals surface area contributed by atoms with E-state index < -0.39 is 23.9 Å². The summed E-state index contributed by atoms with van der Waals surface area (Å²) >= 11 is 0. The van der Waals surface area contributed by atoms with Gasteiger partial charge in [0, 0.05) is 12.8 Å². The summed E-state index contributed by atoms with van der Waals surface area (Å²) in [5.41, 5.74) is 9.81. The molecule has 6 N–H and O–H groups in total. The number of carbonyl (C=O) groups excluding carboxylic acids is 4. The third-order valence-corrected chi connectivity index (χ3v) is 2.48. The molecule has 240 valence electrons. The molecular formula is C30H76N4O4. The van der Waals surface area contributed by atoms with Crippen molar-refractivity contribution < 1.29 is 19.2 Å². The Bertz CT molecular complexity index is 312. The lowest BCUT2D eigenvalue weighted by molar-refractivity contribution is -0.121. The lowest BCUT2D eigenvalue weighted by Gasteiger charge is -2.08. The first-order chi connectivity index (χ1) is 18.4. The van der Waals surface area contributed by atoms with Crippen molar-refractivity contribution >= 4 is 24.4 Å².